The zero-order valence-corrected chi connectivity index (χ0v) is 12.3. The summed E-state index contributed by atoms with van der Waals surface area (Å²) >= 11 is 0. The second-order valence-electron chi connectivity index (χ2n) is 5.33. The fraction of sp³-hybridized carbons (Fsp3) is 0.438. The van der Waals surface area contributed by atoms with Gasteiger partial charge in [0.2, 0.25) is 0 Å². The number of pyridine rings is 1. The minimum absolute atomic E-state index is 0.448. The summed E-state index contributed by atoms with van der Waals surface area (Å²) in [7, 11) is 0. The average molecular weight is 283 g/mol. The highest BCUT2D eigenvalue weighted by Crippen LogP contribution is 2.20. The topological polar surface area (TPSA) is 62.7 Å². The summed E-state index contributed by atoms with van der Waals surface area (Å²) in [5.41, 5.74) is 2.03. The van der Waals surface area contributed by atoms with Crippen LogP contribution in [-0.2, 0) is 6.42 Å². The van der Waals surface area contributed by atoms with E-state index in [-0.39, 0.29) is 0 Å². The molecule has 1 unspecified atom stereocenters. The quantitative estimate of drug-likeness (QED) is 0.901. The molecule has 1 fully saturated rings. The second-order valence-corrected chi connectivity index (χ2v) is 5.33. The lowest BCUT2D eigenvalue weighted by atomic mass is 10.1. The largest absolute Gasteiger partial charge is 0.366 e. The molecule has 1 aliphatic rings. The number of piperidine rings is 1. The van der Waals surface area contributed by atoms with E-state index in [1.807, 2.05) is 18.2 Å². The predicted molar refractivity (Wildman–Crippen MR) is 84.2 cm³/mol. The van der Waals surface area contributed by atoms with Crippen molar-refractivity contribution < 1.29 is 0 Å². The standard InChI is InChI=1S/C16H21N5/c1-2-15-20-14(12-5-8-17-9-6-12)10-16(21-15)19-13-4-3-7-18-11-13/h5-6,8-10,13,18H,2-4,7,11H2,1H3,(H,19,20,21). The van der Waals surface area contributed by atoms with E-state index in [0.29, 0.717) is 6.04 Å². The van der Waals surface area contributed by atoms with E-state index >= 15 is 0 Å². The minimum atomic E-state index is 0.448. The molecule has 1 saturated heterocycles. The van der Waals surface area contributed by atoms with Crippen molar-refractivity contribution in [1.29, 1.82) is 0 Å². The third kappa shape index (κ3) is 3.55. The van der Waals surface area contributed by atoms with E-state index in [1.54, 1.807) is 12.4 Å². The van der Waals surface area contributed by atoms with Crippen LogP contribution in [0.4, 0.5) is 5.82 Å². The van der Waals surface area contributed by atoms with Gasteiger partial charge in [-0.2, -0.15) is 0 Å². The number of rotatable bonds is 4. The fourth-order valence-electron chi connectivity index (χ4n) is 2.58. The third-order valence-electron chi connectivity index (χ3n) is 3.71. The van der Waals surface area contributed by atoms with Crippen LogP contribution in [0.3, 0.4) is 0 Å². The van der Waals surface area contributed by atoms with E-state index in [4.69, 9.17) is 0 Å². The average Bonchev–Trinajstić information content (AvgIpc) is 2.56. The third-order valence-corrected chi connectivity index (χ3v) is 3.71. The zero-order chi connectivity index (χ0) is 14.5. The molecule has 2 aromatic heterocycles. The molecule has 110 valence electrons. The van der Waals surface area contributed by atoms with Gasteiger partial charge in [0.1, 0.15) is 11.6 Å². The number of nitrogens with zero attached hydrogens (tertiary/aromatic N) is 3. The first kappa shape index (κ1) is 13.9. The summed E-state index contributed by atoms with van der Waals surface area (Å²) in [6.07, 6.45) is 6.81. The highest BCUT2D eigenvalue weighted by atomic mass is 15.1. The summed E-state index contributed by atoms with van der Waals surface area (Å²) in [6, 6.07) is 6.44. The normalized spacial score (nSPS) is 18.4. The van der Waals surface area contributed by atoms with Crippen molar-refractivity contribution in [2.24, 2.45) is 0 Å². The predicted octanol–water partition coefficient (Wildman–Crippen LogP) is 2.26. The molecule has 0 radical (unpaired) electrons. The number of nitrogens with one attached hydrogen (secondary N) is 2. The Bertz CT molecular complexity index is 578. The Balaban J connectivity index is 1.86. The Morgan fingerprint density at radius 1 is 1.29 bits per heavy atom. The van der Waals surface area contributed by atoms with E-state index in [2.05, 4.69) is 32.5 Å². The molecule has 0 aromatic carbocycles. The van der Waals surface area contributed by atoms with Gasteiger partial charge in [0.25, 0.3) is 0 Å². The van der Waals surface area contributed by atoms with Gasteiger partial charge in [-0.05, 0) is 31.5 Å². The summed E-state index contributed by atoms with van der Waals surface area (Å²) < 4.78 is 0. The van der Waals surface area contributed by atoms with E-state index in [9.17, 15) is 0 Å². The van der Waals surface area contributed by atoms with Gasteiger partial charge < -0.3 is 10.6 Å². The lowest BCUT2D eigenvalue weighted by Gasteiger charge is -2.24. The number of hydrogen-bond acceptors (Lipinski definition) is 5. The van der Waals surface area contributed by atoms with Crippen molar-refractivity contribution in [3.8, 4) is 11.3 Å². The van der Waals surface area contributed by atoms with Crippen LogP contribution in [0.15, 0.2) is 30.6 Å². The maximum atomic E-state index is 4.62. The lowest BCUT2D eigenvalue weighted by molar-refractivity contribution is 0.479. The monoisotopic (exact) mass is 283 g/mol. The van der Waals surface area contributed by atoms with Crippen LogP contribution in [0.5, 0.6) is 0 Å². The first-order chi connectivity index (χ1) is 10.3. The van der Waals surface area contributed by atoms with Crippen molar-refractivity contribution in [3.63, 3.8) is 0 Å². The molecule has 5 nitrogen and oxygen atoms in total. The highest BCUT2D eigenvalue weighted by Gasteiger charge is 2.14. The number of aryl methyl sites for hydroxylation is 1. The smallest absolute Gasteiger partial charge is 0.131 e. The molecule has 1 atom stereocenters. The molecule has 3 rings (SSSR count). The SMILES string of the molecule is CCc1nc(NC2CCCNC2)cc(-c2ccncc2)n1. The van der Waals surface area contributed by atoms with Crippen molar-refractivity contribution in [2.45, 2.75) is 32.2 Å². The summed E-state index contributed by atoms with van der Waals surface area (Å²) in [5.74, 6) is 1.79. The Labute approximate surface area is 125 Å². The van der Waals surface area contributed by atoms with Gasteiger partial charge >= 0.3 is 0 Å². The van der Waals surface area contributed by atoms with Crippen molar-refractivity contribution in [2.75, 3.05) is 18.4 Å². The van der Waals surface area contributed by atoms with E-state index < -0.39 is 0 Å². The molecule has 0 amide bonds. The maximum Gasteiger partial charge on any atom is 0.131 e. The molecule has 0 saturated carbocycles. The minimum Gasteiger partial charge on any atom is -0.366 e. The second kappa shape index (κ2) is 6.63. The molecular weight excluding hydrogens is 262 g/mol. The van der Waals surface area contributed by atoms with Gasteiger partial charge in [-0.3, -0.25) is 4.98 Å². The molecule has 0 bridgehead atoms. The van der Waals surface area contributed by atoms with Crippen LogP contribution in [0.25, 0.3) is 11.3 Å². The maximum absolute atomic E-state index is 4.62. The first-order valence-corrected chi connectivity index (χ1v) is 7.61. The molecular formula is C16H21N5. The zero-order valence-electron chi connectivity index (χ0n) is 12.3. The van der Waals surface area contributed by atoms with Gasteiger partial charge in [-0.25, -0.2) is 9.97 Å². The van der Waals surface area contributed by atoms with Gasteiger partial charge in [-0.15, -0.1) is 0 Å². The van der Waals surface area contributed by atoms with Crippen molar-refractivity contribution >= 4 is 5.82 Å². The molecule has 3 heterocycles. The number of hydrogen-bond donors (Lipinski definition) is 2. The number of aromatic nitrogens is 3. The fourth-order valence-corrected chi connectivity index (χ4v) is 2.58. The molecule has 2 aromatic rings. The highest BCUT2D eigenvalue weighted by molar-refractivity contribution is 5.62. The van der Waals surface area contributed by atoms with E-state index in [0.717, 1.165) is 42.4 Å². The van der Waals surface area contributed by atoms with Crippen LogP contribution in [0.2, 0.25) is 0 Å². The van der Waals surface area contributed by atoms with Crippen molar-refractivity contribution in [1.82, 2.24) is 20.3 Å². The van der Waals surface area contributed by atoms with Crippen LogP contribution in [-0.4, -0.2) is 34.1 Å². The summed E-state index contributed by atoms with van der Waals surface area (Å²) in [6.45, 7) is 4.19. The summed E-state index contributed by atoms with van der Waals surface area (Å²) in [4.78, 5) is 13.3. The molecule has 2 N–H and O–H groups in total. The van der Waals surface area contributed by atoms with Gasteiger partial charge in [0.15, 0.2) is 0 Å². The molecule has 0 spiro atoms. The molecule has 1 aliphatic heterocycles. The van der Waals surface area contributed by atoms with Gasteiger partial charge in [-0.1, -0.05) is 6.92 Å². The van der Waals surface area contributed by atoms with Crippen LogP contribution >= 0.6 is 0 Å². The number of anilines is 1. The molecule has 21 heavy (non-hydrogen) atoms. The Morgan fingerprint density at radius 2 is 2.14 bits per heavy atom. The van der Waals surface area contributed by atoms with Crippen LogP contribution in [0.1, 0.15) is 25.6 Å². The molecule has 0 aliphatic carbocycles. The Morgan fingerprint density at radius 3 is 2.86 bits per heavy atom. The van der Waals surface area contributed by atoms with Gasteiger partial charge in [0.05, 0.1) is 5.69 Å². The van der Waals surface area contributed by atoms with Gasteiger partial charge in [0, 0.05) is 43.0 Å². The lowest BCUT2D eigenvalue weighted by Crippen LogP contribution is -2.38. The Hall–Kier alpha value is -2.01. The van der Waals surface area contributed by atoms with E-state index in [1.165, 1.54) is 12.8 Å². The summed E-state index contributed by atoms with van der Waals surface area (Å²) in [5, 5.41) is 6.95. The van der Waals surface area contributed by atoms with Crippen LogP contribution < -0.4 is 10.6 Å². The van der Waals surface area contributed by atoms with Crippen molar-refractivity contribution in [3.05, 3.63) is 36.4 Å². The van der Waals surface area contributed by atoms with Crippen LogP contribution in [0, 0.1) is 0 Å². The molecule has 5 heteroatoms. The first-order valence-electron chi connectivity index (χ1n) is 7.61. The Kier molecular flexibility index (Phi) is 4.40.